The van der Waals surface area contributed by atoms with Gasteiger partial charge in [0.25, 0.3) is 0 Å². The van der Waals surface area contributed by atoms with Crippen molar-refractivity contribution in [2.45, 2.75) is 19.4 Å². The molecule has 9 heteroatoms. The maximum Gasteiger partial charge on any atom is 1.00 e. The van der Waals surface area contributed by atoms with E-state index >= 15 is 0 Å². The number of hydrogen-bond donors (Lipinski definition) is 1. The maximum absolute atomic E-state index is 13.2. The summed E-state index contributed by atoms with van der Waals surface area (Å²) in [6, 6.07) is 5.63. The second-order valence-electron chi connectivity index (χ2n) is 5.45. The Bertz CT molecular complexity index is 770. The summed E-state index contributed by atoms with van der Waals surface area (Å²) in [5.41, 5.74) is 0.617. The van der Waals surface area contributed by atoms with Crippen molar-refractivity contribution in [3.63, 3.8) is 0 Å². The molecular weight excluding hydrogens is 344 g/mol. The van der Waals surface area contributed by atoms with Gasteiger partial charge in [0.1, 0.15) is 15.8 Å². The topological polar surface area (TPSA) is 95.0 Å². The number of carboxylic acids is 1. The van der Waals surface area contributed by atoms with Crippen molar-refractivity contribution in [3.8, 4) is 10.6 Å². The van der Waals surface area contributed by atoms with E-state index in [9.17, 15) is 19.1 Å². The zero-order valence-corrected chi connectivity index (χ0v) is 16.0. The molecule has 1 N–H and O–H groups in total. The first-order chi connectivity index (χ1) is 11.0. The molecule has 1 unspecified atom stereocenters. The van der Waals surface area contributed by atoms with Crippen molar-refractivity contribution in [2.24, 2.45) is 11.8 Å². The molecule has 0 radical (unpaired) electrons. The van der Waals surface area contributed by atoms with Crippen LogP contribution >= 0.6 is 11.3 Å². The van der Waals surface area contributed by atoms with Crippen LogP contribution in [0.3, 0.4) is 0 Å². The summed E-state index contributed by atoms with van der Waals surface area (Å²) >= 11 is 1.25. The molecule has 0 aliphatic heterocycles. The van der Waals surface area contributed by atoms with Gasteiger partial charge in [-0.3, -0.25) is 4.79 Å². The third-order valence-electron chi connectivity index (χ3n) is 3.67. The molecule has 0 saturated heterocycles. The van der Waals surface area contributed by atoms with Gasteiger partial charge in [-0.25, -0.2) is 4.39 Å². The van der Waals surface area contributed by atoms with Gasteiger partial charge in [0, 0.05) is 23.4 Å². The van der Waals surface area contributed by atoms with Crippen LogP contribution in [0.2, 0.25) is 0 Å². The molecule has 6 nitrogen and oxygen atoms in total. The number of hydrogen-bond acceptors (Lipinski definition) is 6. The van der Waals surface area contributed by atoms with E-state index < -0.39 is 23.8 Å². The van der Waals surface area contributed by atoms with Crippen LogP contribution in [0.4, 0.5) is 4.39 Å². The van der Waals surface area contributed by atoms with Crippen molar-refractivity contribution in [1.82, 2.24) is 15.5 Å². The van der Waals surface area contributed by atoms with Crippen molar-refractivity contribution in [2.75, 3.05) is 0 Å². The minimum Gasteiger partial charge on any atom is -0.550 e. The molecule has 2 aromatic rings. The van der Waals surface area contributed by atoms with Gasteiger partial charge < -0.3 is 15.2 Å². The summed E-state index contributed by atoms with van der Waals surface area (Å²) in [5.74, 6) is -3.10. The van der Waals surface area contributed by atoms with Gasteiger partial charge >= 0.3 is 29.6 Å². The molecule has 0 spiro atoms. The Hall–Kier alpha value is -1.35. The quantitative estimate of drug-likeness (QED) is 0.620. The summed E-state index contributed by atoms with van der Waals surface area (Å²) in [5, 5.41) is 22.5. The van der Waals surface area contributed by atoms with Crippen molar-refractivity contribution >= 4 is 23.2 Å². The first-order valence-corrected chi connectivity index (χ1v) is 7.88. The van der Waals surface area contributed by atoms with Crippen LogP contribution in [0.15, 0.2) is 24.3 Å². The van der Waals surface area contributed by atoms with Crippen LogP contribution in [-0.2, 0) is 9.59 Å². The SMILES string of the molecule is CC(NC(=O)[C@@H]1C[C@@H]1C(=O)[O-])c1nnc(-c2cccc(F)c2)s1.[Na+]. The third-order valence-corrected chi connectivity index (χ3v) is 4.83. The Labute approximate surface area is 163 Å². The van der Waals surface area contributed by atoms with E-state index in [0.29, 0.717) is 22.0 Å². The van der Waals surface area contributed by atoms with Gasteiger partial charge in [-0.05, 0) is 25.5 Å². The van der Waals surface area contributed by atoms with Crippen LogP contribution in [-0.4, -0.2) is 22.1 Å². The fourth-order valence-electron chi connectivity index (χ4n) is 2.28. The van der Waals surface area contributed by atoms with Gasteiger partial charge in [-0.2, -0.15) is 0 Å². The number of aromatic nitrogens is 2. The van der Waals surface area contributed by atoms with Gasteiger partial charge in [-0.1, -0.05) is 23.5 Å². The minimum absolute atomic E-state index is 0. The zero-order valence-electron chi connectivity index (χ0n) is 13.2. The molecule has 3 rings (SSSR count). The summed E-state index contributed by atoms with van der Waals surface area (Å²) in [6.07, 6.45) is 0.311. The predicted octanol–water partition coefficient (Wildman–Crippen LogP) is -2.09. The Morgan fingerprint density at radius 3 is 2.75 bits per heavy atom. The van der Waals surface area contributed by atoms with Gasteiger partial charge in [0.15, 0.2) is 0 Å². The zero-order chi connectivity index (χ0) is 16.6. The normalized spacial score (nSPS) is 19.9. The maximum atomic E-state index is 13.2. The summed E-state index contributed by atoms with van der Waals surface area (Å²) in [4.78, 5) is 22.6. The Morgan fingerprint density at radius 1 is 1.38 bits per heavy atom. The second-order valence-corrected chi connectivity index (χ2v) is 6.46. The standard InChI is InChI=1S/C15H14FN3O3S.Na/c1-7(17-12(20)10-6-11(10)15(21)22)13-18-19-14(23-13)8-3-2-4-9(16)5-8;/h2-5,7,10-11H,6H2,1H3,(H,17,20)(H,21,22);/q;+1/p-1/t7?,10-,11+;/m1./s1. The van der Waals surface area contributed by atoms with Crippen molar-refractivity contribution in [1.29, 1.82) is 0 Å². The molecule has 1 heterocycles. The number of carbonyl (C=O) groups excluding carboxylic acids is 2. The van der Waals surface area contributed by atoms with E-state index in [4.69, 9.17) is 0 Å². The molecule has 1 saturated carbocycles. The van der Waals surface area contributed by atoms with Gasteiger partial charge in [-0.15, -0.1) is 10.2 Å². The molecule has 3 atom stereocenters. The van der Waals surface area contributed by atoms with Gasteiger partial charge in [0.2, 0.25) is 5.91 Å². The average Bonchev–Trinajstić information content (AvgIpc) is 3.17. The number of nitrogens with one attached hydrogen (secondary N) is 1. The second kappa shape index (κ2) is 7.69. The molecule has 1 aromatic heterocycles. The first kappa shape index (κ1) is 19.0. The number of benzene rings is 1. The predicted molar refractivity (Wildman–Crippen MR) is 78.5 cm³/mol. The summed E-state index contributed by atoms with van der Waals surface area (Å²) in [6.45, 7) is 1.74. The average molecular weight is 357 g/mol. The Balaban J connectivity index is 0.00000208. The number of aliphatic carboxylic acids is 1. The number of carboxylic acid groups (broad SMARTS) is 1. The minimum atomic E-state index is -1.19. The largest absolute Gasteiger partial charge is 1.00 e. The number of nitrogens with zero attached hydrogens (tertiary/aromatic N) is 2. The smallest absolute Gasteiger partial charge is 0.550 e. The van der Waals surface area contributed by atoms with E-state index in [1.54, 1.807) is 19.1 Å². The van der Waals surface area contributed by atoms with Crippen LogP contribution in [0.5, 0.6) is 0 Å². The number of halogens is 1. The number of rotatable bonds is 5. The number of amides is 1. The fourth-order valence-corrected chi connectivity index (χ4v) is 3.12. The van der Waals surface area contributed by atoms with Crippen LogP contribution in [0.1, 0.15) is 24.4 Å². The molecule has 1 amide bonds. The van der Waals surface area contributed by atoms with Crippen LogP contribution in [0.25, 0.3) is 10.6 Å². The van der Waals surface area contributed by atoms with E-state index in [1.807, 2.05) is 0 Å². The molecule has 1 aliphatic rings. The van der Waals surface area contributed by atoms with Crippen molar-refractivity contribution in [3.05, 3.63) is 35.1 Å². The molecule has 1 fully saturated rings. The van der Waals surface area contributed by atoms with Gasteiger partial charge in [0.05, 0.1) is 6.04 Å². The van der Waals surface area contributed by atoms with E-state index in [-0.39, 0.29) is 41.3 Å². The van der Waals surface area contributed by atoms with Crippen LogP contribution in [0, 0.1) is 17.7 Å². The molecule has 1 aliphatic carbocycles. The molecule has 24 heavy (non-hydrogen) atoms. The van der Waals surface area contributed by atoms with E-state index in [1.165, 1.54) is 23.5 Å². The summed E-state index contributed by atoms with van der Waals surface area (Å²) < 4.78 is 13.2. The number of carbonyl (C=O) groups is 2. The molecule has 120 valence electrons. The van der Waals surface area contributed by atoms with Crippen molar-refractivity contribution < 1.29 is 48.6 Å². The third kappa shape index (κ3) is 4.18. The Kier molecular flexibility index (Phi) is 6.08. The first-order valence-electron chi connectivity index (χ1n) is 7.06. The van der Waals surface area contributed by atoms with E-state index in [0.717, 1.165) is 0 Å². The fraction of sp³-hybridized carbons (Fsp3) is 0.333. The monoisotopic (exact) mass is 357 g/mol. The van der Waals surface area contributed by atoms with E-state index in [2.05, 4.69) is 15.5 Å². The molecular formula is C15H13FN3NaO3S. The van der Waals surface area contributed by atoms with Crippen LogP contribution < -0.4 is 40.0 Å². The summed E-state index contributed by atoms with van der Waals surface area (Å²) in [7, 11) is 0. The molecule has 1 aromatic carbocycles. The Morgan fingerprint density at radius 2 is 2.12 bits per heavy atom. The molecule has 0 bridgehead atoms.